The minimum Gasteiger partial charge on any atom is -0.444 e. The van der Waals surface area contributed by atoms with E-state index in [1.54, 1.807) is 24.3 Å². The Morgan fingerprint density at radius 3 is 2.41 bits per heavy atom. The number of halogens is 1. The Morgan fingerprint density at radius 2 is 1.79 bits per heavy atom. The number of carbonyl (C=O) groups excluding carboxylic acids is 2. The van der Waals surface area contributed by atoms with Crippen molar-refractivity contribution < 1.29 is 14.0 Å². The molecule has 1 saturated heterocycles. The second-order valence-electron chi connectivity index (χ2n) is 8.89. The first-order valence-corrected chi connectivity index (χ1v) is 10.6. The predicted octanol–water partition coefficient (Wildman–Crippen LogP) is 4.22. The van der Waals surface area contributed by atoms with E-state index in [9.17, 15) is 9.59 Å². The summed E-state index contributed by atoms with van der Waals surface area (Å²) in [6, 6.07) is 10.6. The summed E-state index contributed by atoms with van der Waals surface area (Å²) in [6.45, 7) is 10.1. The summed E-state index contributed by atoms with van der Waals surface area (Å²) in [7, 11) is 0. The highest BCUT2D eigenvalue weighted by molar-refractivity contribution is 9.10. The third kappa shape index (κ3) is 5.93. The van der Waals surface area contributed by atoms with Crippen LogP contribution in [0.5, 0.6) is 0 Å². The van der Waals surface area contributed by atoms with Crippen LogP contribution in [0.25, 0.3) is 0 Å². The molecule has 2 aromatic rings. The smallest absolute Gasteiger partial charge is 0.291 e. The summed E-state index contributed by atoms with van der Waals surface area (Å²) in [5, 5.41) is 6.43. The minimum absolute atomic E-state index is 0.00195. The first-order chi connectivity index (χ1) is 13.5. The number of nitrogens with zero attached hydrogens (tertiary/aromatic N) is 1. The molecule has 0 aliphatic carbocycles. The number of carbonyl (C=O) groups is 2. The Hall–Kier alpha value is -2.12. The molecule has 156 valence electrons. The summed E-state index contributed by atoms with van der Waals surface area (Å²) in [5.41, 5.74) is 1.44. The van der Waals surface area contributed by atoms with Gasteiger partial charge < -0.3 is 20.0 Å². The number of amides is 2. The largest absolute Gasteiger partial charge is 0.444 e. The molecular weight excluding hydrogens is 434 g/mol. The van der Waals surface area contributed by atoms with Gasteiger partial charge in [0.1, 0.15) is 0 Å². The van der Waals surface area contributed by atoms with Crippen LogP contribution < -0.4 is 10.6 Å². The molecule has 1 aromatic heterocycles. The molecule has 0 bridgehead atoms. The normalized spacial score (nSPS) is 18.2. The second kappa shape index (κ2) is 8.32. The third-order valence-corrected chi connectivity index (χ3v) is 5.41. The Labute approximate surface area is 180 Å². The summed E-state index contributed by atoms with van der Waals surface area (Å²) < 4.78 is 5.76. The van der Waals surface area contributed by atoms with Crippen molar-refractivity contribution in [3.63, 3.8) is 0 Å². The SMILES string of the molecule is CC1(C)CCN(C(=O)Cc2ccc(NC(=O)c3ccc(Br)o3)cc2)CC(C)(C)N1. The van der Waals surface area contributed by atoms with Crippen molar-refractivity contribution in [2.24, 2.45) is 0 Å². The van der Waals surface area contributed by atoms with E-state index in [2.05, 4.69) is 54.3 Å². The molecule has 1 aliphatic heterocycles. The zero-order valence-electron chi connectivity index (χ0n) is 17.3. The van der Waals surface area contributed by atoms with Crippen molar-refractivity contribution in [2.45, 2.75) is 51.6 Å². The summed E-state index contributed by atoms with van der Waals surface area (Å²) in [4.78, 5) is 27.0. The summed E-state index contributed by atoms with van der Waals surface area (Å²) in [6.07, 6.45) is 1.26. The van der Waals surface area contributed by atoms with E-state index in [4.69, 9.17) is 4.42 Å². The van der Waals surface area contributed by atoms with E-state index in [0.717, 1.165) is 18.5 Å². The average Bonchev–Trinajstić information content (AvgIpc) is 3.01. The van der Waals surface area contributed by atoms with Gasteiger partial charge in [0, 0.05) is 29.9 Å². The summed E-state index contributed by atoms with van der Waals surface area (Å²) in [5.74, 6) is 0.0349. The Bertz CT molecular complexity index is 887. The number of benzene rings is 1. The van der Waals surface area contributed by atoms with E-state index in [0.29, 0.717) is 23.3 Å². The Kier molecular flexibility index (Phi) is 6.19. The first-order valence-electron chi connectivity index (χ1n) is 9.76. The van der Waals surface area contributed by atoms with Gasteiger partial charge in [-0.05, 0) is 79.9 Å². The van der Waals surface area contributed by atoms with Crippen molar-refractivity contribution in [2.75, 3.05) is 18.4 Å². The minimum atomic E-state index is -0.318. The Balaban J connectivity index is 1.60. The fourth-order valence-corrected chi connectivity index (χ4v) is 4.13. The lowest BCUT2D eigenvalue weighted by molar-refractivity contribution is -0.131. The number of rotatable bonds is 4. The molecule has 1 aliphatic rings. The number of furan rings is 1. The lowest BCUT2D eigenvalue weighted by atomic mass is 9.96. The molecule has 6 nitrogen and oxygen atoms in total. The molecule has 3 rings (SSSR count). The number of nitrogens with one attached hydrogen (secondary N) is 2. The number of anilines is 1. The van der Waals surface area contributed by atoms with E-state index >= 15 is 0 Å². The molecule has 2 heterocycles. The van der Waals surface area contributed by atoms with Gasteiger partial charge in [0.2, 0.25) is 5.91 Å². The van der Waals surface area contributed by atoms with Crippen LogP contribution >= 0.6 is 15.9 Å². The molecule has 0 radical (unpaired) electrons. The van der Waals surface area contributed by atoms with Gasteiger partial charge in [0.15, 0.2) is 10.4 Å². The maximum Gasteiger partial charge on any atom is 0.291 e. The molecule has 1 fully saturated rings. The zero-order valence-corrected chi connectivity index (χ0v) is 18.9. The first kappa shape index (κ1) is 21.6. The van der Waals surface area contributed by atoms with Crippen LogP contribution in [0.15, 0.2) is 45.5 Å². The molecule has 1 aromatic carbocycles. The average molecular weight is 462 g/mol. The van der Waals surface area contributed by atoms with Gasteiger partial charge in [-0.3, -0.25) is 9.59 Å². The van der Waals surface area contributed by atoms with E-state index in [1.165, 1.54) is 0 Å². The predicted molar refractivity (Wildman–Crippen MR) is 117 cm³/mol. The van der Waals surface area contributed by atoms with Gasteiger partial charge in [-0.2, -0.15) is 0 Å². The van der Waals surface area contributed by atoms with E-state index in [-0.39, 0.29) is 28.7 Å². The summed E-state index contributed by atoms with van der Waals surface area (Å²) >= 11 is 3.18. The third-order valence-electron chi connectivity index (χ3n) is 4.99. The molecule has 0 saturated carbocycles. The fourth-order valence-electron chi connectivity index (χ4n) is 3.82. The lowest BCUT2D eigenvalue weighted by Crippen LogP contribution is -2.54. The highest BCUT2D eigenvalue weighted by atomic mass is 79.9. The van der Waals surface area contributed by atoms with Crippen molar-refractivity contribution in [3.8, 4) is 0 Å². The van der Waals surface area contributed by atoms with Crippen molar-refractivity contribution >= 4 is 33.4 Å². The molecule has 7 heteroatoms. The maximum atomic E-state index is 12.9. The van der Waals surface area contributed by atoms with Crippen LogP contribution in [0.4, 0.5) is 5.69 Å². The molecule has 29 heavy (non-hydrogen) atoms. The number of hydrogen-bond acceptors (Lipinski definition) is 4. The monoisotopic (exact) mass is 461 g/mol. The fraction of sp³-hybridized carbons (Fsp3) is 0.455. The Morgan fingerprint density at radius 1 is 1.10 bits per heavy atom. The quantitative estimate of drug-likeness (QED) is 0.714. The molecule has 0 atom stereocenters. The van der Waals surface area contributed by atoms with Crippen LogP contribution in [-0.2, 0) is 11.2 Å². The topological polar surface area (TPSA) is 74.6 Å². The van der Waals surface area contributed by atoms with Crippen LogP contribution in [-0.4, -0.2) is 40.9 Å². The van der Waals surface area contributed by atoms with Gasteiger partial charge in [-0.15, -0.1) is 0 Å². The molecule has 2 amide bonds. The maximum absolute atomic E-state index is 12.9. The van der Waals surface area contributed by atoms with Gasteiger partial charge in [0.05, 0.1) is 6.42 Å². The molecule has 0 unspecified atom stereocenters. The van der Waals surface area contributed by atoms with Gasteiger partial charge in [-0.25, -0.2) is 0 Å². The lowest BCUT2D eigenvalue weighted by Gasteiger charge is -2.34. The zero-order chi connectivity index (χ0) is 21.2. The molecule has 0 spiro atoms. The van der Waals surface area contributed by atoms with Crippen LogP contribution in [0.3, 0.4) is 0 Å². The van der Waals surface area contributed by atoms with Crippen LogP contribution in [0, 0.1) is 0 Å². The van der Waals surface area contributed by atoms with Crippen molar-refractivity contribution in [1.29, 1.82) is 0 Å². The highest BCUT2D eigenvalue weighted by Crippen LogP contribution is 2.22. The highest BCUT2D eigenvalue weighted by Gasteiger charge is 2.34. The van der Waals surface area contributed by atoms with E-state index in [1.807, 2.05) is 17.0 Å². The van der Waals surface area contributed by atoms with Crippen LogP contribution in [0.1, 0.15) is 50.2 Å². The second-order valence-corrected chi connectivity index (χ2v) is 9.67. The van der Waals surface area contributed by atoms with Crippen molar-refractivity contribution in [1.82, 2.24) is 10.2 Å². The van der Waals surface area contributed by atoms with Crippen LogP contribution in [0.2, 0.25) is 0 Å². The molecule has 2 N–H and O–H groups in total. The van der Waals surface area contributed by atoms with Gasteiger partial charge in [-0.1, -0.05) is 12.1 Å². The van der Waals surface area contributed by atoms with E-state index < -0.39 is 0 Å². The van der Waals surface area contributed by atoms with Gasteiger partial charge in [0.25, 0.3) is 5.91 Å². The molecular formula is C22H28BrN3O3. The number of hydrogen-bond donors (Lipinski definition) is 2. The van der Waals surface area contributed by atoms with Gasteiger partial charge >= 0.3 is 0 Å². The van der Waals surface area contributed by atoms with Crippen molar-refractivity contribution in [3.05, 3.63) is 52.4 Å². The standard InChI is InChI=1S/C22H28BrN3O3/c1-21(2)11-12-26(14-22(3,4)25-21)19(27)13-15-5-7-16(8-6-15)24-20(28)17-9-10-18(23)29-17/h5-10,25H,11-14H2,1-4H3,(H,24,28).